The monoisotopic (exact) mass is 397 g/mol. The summed E-state index contributed by atoms with van der Waals surface area (Å²) in [5.41, 5.74) is 0. The van der Waals surface area contributed by atoms with Crippen molar-refractivity contribution in [3.05, 3.63) is 11.2 Å². The van der Waals surface area contributed by atoms with E-state index < -0.39 is 0 Å². The van der Waals surface area contributed by atoms with E-state index in [1.165, 1.54) is 11.8 Å². The Morgan fingerprint density at radius 1 is 1.35 bits per heavy atom. The number of nitrogens with zero attached hydrogens (tertiary/aromatic N) is 4. The molecule has 1 unspecified atom stereocenters. The Morgan fingerprint density at radius 2 is 2.12 bits per heavy atom. The number of halogens is 1. The molecule has 0 aromatic carbocycles. The van der Waals surface area contributed by atoms with Gasteiger partial charge < -0.3 is 15.1 Å². The second-order valence-electron chi connectivity index (χ2n) is 6.70. The number of rotatable bonds is 6. The first-order valence-corrected chi connectivity index (χ1v) is 10.3. The van der Waals surface area contributed by atoms with Gasteiger partial charge in [0.2, 0.25) is 11.8 Å². The molecule has 2 fully saturated rings. The molecule has 2 amide bonds. The molecule has 7 nitrogen and oxygen atoms in total. The molecule has 0 radical (unpaired) electrons. The Morgan fingerprint density at radius 3 is 2.77 bits per heavy atom. The van der Waals surface area contributed by atoms with E-state index >= 15 is 0 Å². The first kappa shape index (κ1) is 19.2. The van der Waals surface area contributed by atoms with Gasteiger partial charge >= 0.3 is 0 Å². The van der Waals surface area contributed by atoms with Crippen LogP contribution in [0.3, 0.4) is 0 Å². The lowest BCUT2D eigenvalue weighted by Crippen LogP contribution is -2.54. The molecule has 0 bridgehead atoms. The van der Waals surface area contributed by atoms with Gasteiger partial charge in [0.15, 0.2) is 5.16 Å². The van der Waals surface area contributed by atoms with Crippen LogP contribution in [0, 0.1) is 0 Å². The topological polar surface area (TPSA) is 78.4 Å². The van der Waals surface area contributed by atoms with Crippen molar-refractivity contribution >= 4 is 41.0 Å². The highest BCUT2D eigenvalue weighted by atomic mass is 35.5. The second kappa shape index (κ2) is 8.43. The van der Waals surface area contributed by atoms with E-state index in [1.54, 1.807) is 6.07 Å². The minimum Gasteiger partial charge on any atom is -0.353 e. The summed E-state index contributed by atoms with van der Waals surface area (Å²) < 4.78 is 0. The molecule has 2 aliphatic rings. The van der Waals surface area contributed by atoms with Crippen molar-refractivity contribution in [1.29, 1.82) is 0 Å². The van der Waals surface area contributed by atoms with Gasteiger partial charge in [-0.15, -0.1) is 0 Å². The number of hydrogen-bond acceptors (Lipinski definition) is 6. The first-order valence-electron chi connectivity index (χ1n) is 8.97. The number of nitrogens with one attached hydrogen (secondary N) is 1. The van der Waals surface area contributed by atoms with Crippen LogP contribution in [-0.4, -0.2) is 64.2 Å². The summed E-state index contributed by atoms with van der Waals surface area (Å²) in [4.78, 5) is 36.6. The van der Waals surface area contributed by atoms with Crippen LogP contribution in [0.4, 0.5) is 5.82 Å². The lowest BCUT2D eigenvalue weighted by molar-refractivity contribution is -0.133. The summed E-state index contributed by atoms with van der Waals surface area (Å²) in [7, 11) is 0. The number of carbonyl (C=O) groups is 2. The van der Waals surface area contributed by atoms with Crippen molar-refractivity contribution < 1.29 is 9.59 Å². The zero-order chi connectivity index (χ0) is 18.7. The van der Waals surface area contributed by atoms with Gasteiger partial charge in [0.05, 0.1) is 5.75 Å². The average Bonchev–Trinajstić information content (AvgIpc) is 3.42. The third kappa shape index (κ3) is 5.01. The number of carbonyl (C=O) groups excluding carboxylic acids is 2. The van der Waals surface area contributed by atoms with Gasteiger partial charge in [0.25, 0.3) is 0 Å². The van der Waals surface area contributed by atoms with Crippen LogP contribution in [-0.2, 0) is 9.59 Å². The maximum absolute atomic E-state index is 12.0. The van der Waals surface area contributed by atoms with Crippen molar-refractivity contribution in [3.63, 3.8) is 0 Å². The van der Waals surface area contributed by atoms with Gasteiger partial charge in [0, 0.05) is 44.2 Å². The van der Waals surface area contributed by atoms with Gasteiger partial charge in [-0.2, -0.15) is 0 Å². The quantitative estimate of drug-likeness (QED) is 0.449. The van der Waals surface area contributed by atoms with Crippen molar-refractivity contribution in [2.45, 2.75) is 50.4 Å². The highest BCUT2D eigenvalue weighted by Crippen LogP contribution is 2.25. The summed E-state index contributed by atoms with van der Waals surface area (Å²) in [5, 5.41) is 3.81. The SMILES string of the molecule is CCC(=O)N1CCN(c2cc(Cl)nc(SCC(=O)NC3CC3)n2)CC1C. The number of aromatic nitrogens is 2. The Kier molecular flexibility index (Phi) is 6.24. The molecule has 0 spiro atoms. The molecule has 9 heteroatoms. The van der Waals surface area contributed by atoms with Gasteiger partial charge in [0.1, 0.15) is 11.0 Å². The van der Waals surface area contributed by atoms with Crippen LogP contribution in [0.15, 0.2) is 11.2 Å². The zero-order valence-electron chi connectivity index (χ0n) is 15.1. The van der Waals surface area contributed by atoms with Crippen molar-refractivity contribution in [2.75, 3.05) is 30.3 Å². The van der Waals surface area contributed by atoms with E-state index in [2.05, 4.69) is 20.2 Å². The molecular weight excluding hydrogens is 374 g/mol. The zero-order valence-corrected chi connectivity index (χ0v) is 16.6. The van der Waals surface area contributed by atoms with Crippen LogP contribution in [0.25, 0.3) is 0 Å². The molecule has 1 aliphatic heterocycles. The standard InChI is InChI=1S/C17H24ClN5O2S/c1-3-16(25)23-7-6-22(9-11(23)2)14-8-13(18)20-17(21-14)26-10-15(24)19-12-4-5-12/h8,11-12H,3-7,9-10H2,1-2H3,(H,19,24). The normalized spacial score (nSPS) is 20.2. The molecule has 1 saturated heterocycles. The fourth-order valence-electron chi connectivity index (χ4n) is 2.98. The van der Waals surface area contributed by atoms with Crippen molar-refractivity contribution in [2.24, 2.45) is 0 Å². The van der Waals surface area contributed by atoms with E-state index in [9.17, 15) is 9.59 Å². The Hall–Kier alpha value is -1.54. The van der Waals surface area contributed by atoms with Crippen LogP contribution in [0.5, 0.6) is 0 Å². The molecule has 1 N–H and O–H groups in total. The van der Waals surface area contributed by atoms with Crippen LogP contribution in [0.2, 0.25) is 5.15 Å². The van der Waals surface area contributed by atoms with Crippen molar-refractivity contribution in [1.82, 2.24) is 20.2 Å². The number of piperazine rings is 1. The smallest absolute Gasteiger partial charge is 0.230 e. The number of anilines is 1. The second-order valence-corrected chi connectivity index (χ2v) is 8.03. The van der Waals surface area contributed by atoms with Gasteiger partial charge in [-0.3, -0.25) is 9.59 Å². The largest absolute Gasteiger partial charge is 0.353 e. The molecule has 26 heavy (non-hydrogen) atoms. The predicted molar refractivity (Wildman–Crippen MR) is 103 cm³/mol. The van der Waals surface area contributed by atoms with E-state index in [-0.39, 0.29) is 23.6 Å². The highest BCUT2D eigenvalue weighted by Gasteiger charge is 2.28. The third-order valence-electron chi connectivity index (χ3n) is 4.51. The number of thioether (sulfide) groups is 1. The Bertz CT molecular complexity index is 685. The molecule has 1 aliphatic carbocycles. The summed E-state index contributed by atoms with van der Waals surface area (Å²) >= 11 is 7.45. The number of amides is 2. The molecule has 1 aromatic heterocycles. The maximum Gasteiger partial charge on any atom is 0.230 e. The van der Waals surface area contributed by atoms with E-state index in [1.807, 2.05) is 18.7 Å². The highest BCUT2D eigenvalue weighted by molar-refractivity contribution is 7.99. The molecular formula is C17H24ClN5O2S. The van der Waals surface area contributed by atoms with Crippen molar-refractivity contribution in [3.8, 4) is 0 Å². The molecule has 1 aromatic rings. The molecule has 1 atom stereocenters. The van der Waals surface area contributed by atoms with Gasteiger partial charge in [-0.25, -0.2) is 9.97 Å². The predicted octanol–water partition coefficient (Wildman–Crippen LogP) is 1.95. The van der Waals surface area contributed by atoms with Gasteiger partial charge in [-0.05, 0) is 19.8 Å². The minimum absolute atomic E-state index is 0.00272. The maximum atomic E-state index is 12.0. The lowest BCUT2D eigenvalue weighted by atomic mass is 10.1. The molecule has 3 rings (SSSR count). The molecule has 2 heterocycles. The average molecular weight is 398 g/mol. The molecule has 1 saturated carbocycles. The first-order chi connectivity index (χ1) is 12.5. The Labute approximate surface area is 162 Å². The van der Waals surface area contributed by atoms with E-state index in [4.69, 9.17) is 11.6 Å². The van der Waals surface area contributed by atoms with Crippen LogP contribution >= 0.6 is 23.4 Å². The van der Waals surface area contributed by atoms with E-state index in [0.717, 1.165) is 18.7 Å². The summed E-state index contributed by atoms with van der Waals surface area (Å²) in [5.74, 6) is 1.20. The third-order valence-corrected chi connectivity index (χ3v) is 5.55. The minimum atomic E-state index is 0.00272. The van der Waals surface area contributed by atoms with Gasteiger partial charge in [-0.1, -0.05) is 30.3 Å². The molecule has 142 valence electrons. The summed E-state index contributed by atoms with van der Waals surface area (Å²) in [6.45, 7) is 6.00. The fourth-order valence-corrected chi connectivity index (χ4v) is 3.87. The van der Waals surface area contributed by atoms with E-state index in [0.29, 0.717) is 42.4 Å². The lowest BCUT2D eigenvalue weighted by Gasteiger charge is -2.40. The number of hydrogen-bond donors (Lipinski definition) is 1. The van der Waals surface area contributed by atoms with Crippen LogP contribution in [0.1, 0.15) is 33.1 Å². The summed E-state index contributed by atoms with van der Waals surface area (Å²) in [6.07, 6.45) is 2.66. The fraction of sp³-hybridized carbons (Fsp3) is 0.647. The van der Waals surface area contributed by atoms with Crippen LogP contribution < -0.4 is 10.2 Å². The summed E-state index contributed by atoms with van der Waals surface area (Å²) in [6, 6.07) is 2.20. The Balaban J connectivity index is 1.62.